The number of carbonyl (C=O) groups is 1. The van der Waals surface area contributed by atoms with Crippen molar-refractivity contribution in [2.45, 2.75) is 33.2 Å². The van der Waals surface area contributed by atoms with Crippen molar-refractivity contribution in [2.24, 2.45) is 0 Å². The zero-order valence-corrected chi connectivity index (χ0v) is 19.4. The van der Waals surface area contributed by atoms with Gasteiger partial charge in [0.1, 0.15) is 5.00 Å². The van der Waals surface area contributed by atoms with Crippen LogP contribution in [0.5, 0.6) is 0 Å². The molecule has 5 nitrogen and oxygen atoms in total. The van der Waals surface area contributed by atoms with Crippen LogP contribution in [0.25, 0.3) is 0 Å². The molecule has 1 atom stereocenters. The van der Waals surface area contributed by atoms with Gasteiger partial charge in [0, 0.05) is 36.6 Å². The van der Waals surface area contributed by atoms with E-state index in [-0.39, 0.29) is 11.9 Å². The Kier molecular flexibility index (Phi) is 6.90. The molecule has 3 aromatic rings. The molecule has 1 fully saturated rings. The van der Waals surface area contributed by atoms with Crippen LogP contribution in [-0.4, -0.2) is 48.4 Å². The predicted octanol–water partition coefficient (Wildman–Crippen LogP) is 5.19. The van der Waals surface area contributed by atoms with Crippen LogP contribution in [0.4, 0.5) is 5.00 Å². The number of thiophene rings is 1. The summed E-state index contributed by atoms with van der Waals surface area (Å²) in [6, 6.07) is 14.6. The number of hydrogen-bond donors (Lipinski definition) is 1. The number of benzene rings is 1. The molecule has 1 amide bonds. The van der Waals surface area contributed by atoms with E-state index >= 15 is 0 Å². The monoisotopic (exact) mass is 437 g/mol. The molecule has 1 aromatic carbocycles. The third-order valence-corrected chi connectivity index (χ3v) is 7.25. The summed E-state index contributed by atoms with van der Waals surface area (Å²) in [4.78, 5) is 19.1. The van der Waals surface area contributed by atoms with Gasteiger partial charge in [-0.15, -0.1) is 11.3 Å². The van der Waals surface area contributed by atoms with Gasteiger partial charge in [0.25, 0.3) is 5.91 Å². The molecule has 1 saturated heterocycles. The average molecular weight is 438 g/mol. The number of aryl methyl sites for hydroxylation is 2. The second-order valence-electron chi connectivity index (χ2n) is 8.07. The smallest absolute Gasteiger partial charge is 0.291 e. The molecule has 4 rings (SSSR count). The largest absolute Gasteiger partial charge is 0.459 e. The molecular weight excluding hydrogens is 406 g/mol. The zero-order chi connectivity index (χ0) is 21.8. The third-order valence-electron chi connectivity index (χ3n) is 6.04. The highest BCUT2D eigenvalue weighted by molar-refractivity contribution is 7.16. The van der Waals surface area contributed by atoms with Crippen LogP contribution in [0.2, 0.25) is 0 Å². The van der Waals surface area contributed by atoms with Crippen molar-refractivity contribution >= 4 is 22.2 Å². The quantitative estimate of drug-likeness (QED) is 0.553. The van der Waals surface area contributed by atoms with Crippen LogP contribution >= 0.6 is 11.3 Å². The van der Waals surface area contributed by atoms with Gasteiger partial charge in [-0.2, -0.15) is 0 Å². The topological polar surface area (TPSA) is 48.7 Å². The lowest BCUT2D eigenvalue weighted by Gasteiger charge is -2.39. The first kappa shape index (κ1) is 21.8. The van der Waals surface area contributed by atoms with Crippen LogP contribution < -0.4 is 5.32 Å². The van der Waals surface area contributed by atoms with Gasteiger partial charge in [-0.1, -0.05) is 43.7 Å². The van der Waals surface area contributed by atoms with Crippen LogP contribution in [0.15, 0.2) is 53.1 Å². The summed E-state index contributed by atoms with van der Waals surface area (Å²) >= 11 is 1.67. The van der Waals surface area contributed by atoms with E-state index in [4.69, 9.17) is 4.42 Å². The van der Waals surface area contributed by atoms with Gasteiger partial charge in [0.15, 0.2) is 5.76 Å². The standard InChI is InChI=1S/C25H31N3O2S/c1-4-20-17-21(25(31-20)26-24(29)22-7-6-16-30-22)23(19-10-8-18(3)9-11-19)28-14-12-27(5-2)13-15-28/h6-11,16-17,23H,4-5,12-15H2,1-3H3,(H,26,29)/t23-/m0/s1. The van der Waals surface area contributed by atoms with E-state index in [1.165, 1.54) is 27.8 Å². The number of hydrogen-bond acceptors (Lipinski definition) is 5. The Labute approximate surface area is 188 Å². The van der Waals surface area contributed by atoms with Gasteiger partial charge in [-0.05, 0) is 43.7 Å². The van der Waals surface area contributed by atoms with Crippen molar-refractivity contribution in [3.8, 4) is 0 Å². The second kappa shape index (κ2) is 9.81. The molecule has 0 aliphatic carbocycles. The van der Waals surface area contributed by atoms with Crippen LogP contribution in [0.1, 0.15) is 52.0 Å². The molecule has 31 heavy (non-hydrogen) atoms. The Morgan fingerprint density at radius 1 is 1.13 bits per heavy atom. The Balaban J connectivity index is 1.71. The van der Waals surface area contributed by atoms with Crippen LogP contribution in [0, 0.1) is 6.92 Å². The lowest BCUT2D eigenvalue weighted by atomic mass is 9.96. The van der Waals surface area contributed by atoms with Gasteiger partial charge in [0.05, 0.1) is 12.3 Å². The first-order valence-electron chi connectivity index (χ1n) is 11.1. The highest BCUT2D eigenvalue weighted by Gasteiger charge is 2.30. The summed E-state index contributed by atoms with van der Waals surface area (Å²) in [5.41, 5.74) is 3.70. The van der Waals surface area contributed by atoms with E-state index in [0.717, 1.165) is 44.1 Å². The van der Waals surface area contributed by atoms with Gasteiger partial charge in [-0.3, -0.25) is 9.69 Å². The van der Waals surface area contributed by atoms with Crippen molar-refractivity contribution in [1.82, 2.24) is 9.80 Å². The maximum atomic E-state index is 12.8. The molecule has 0 radical (unpaired) electrons. The summed E-state index contributed by atoms with van der Waals surface area (Å²) < 4.78 is 5.32. The van der Waals surface area contributed by atoms with E-state index in [9.17, 15) is 4.79 Å². The summed E-state index contributed by atoms with van der Waals surface area (Å²) in [5.74, 6) is 0.134. The van der Waals surface area contributed by atoms with Gasteiger partial charge in [-0.25, -0.2) is 0 Å². The number of anilines is 1. The Hall–Kier alpha value is -2.41. The fourth-order valence-electron chi connectivity index (χ4n) is 4.18. The molecule has 0 spiro atoms. The van der Waals surface area contributed by atoms with Crippen molar-refractivity contribution in [1.29, 1.82) is 0 Å². The number of likely N-dealkylation sites (N-methyl/N-ethyl adjacent to an activating group) is 1. The van der Waals surface area contributed by atoms with Crippen LogP contribution in [-0.2, 0) is 6.42 Å². The highest BCUT2D eigenvalue weighted by atomic mass is 32.1. The van der Waals surface area contributed by atoms with E-state index < -0.39 is 0 Å². The zero-order valence-electron chi connectivity index (χ0n) is 18.6. The van der Waals surface area contributed by atoms with Gasteiger partial charge >= 0.3 is 0 Å². The minimum Gasteiger partial charge on any atom is -0.459 e. The van der Waals surface area contributed by atoms with Crippen LogP contribution in [0.3, 0.4) is 0 Å². The number of rotatable bonds is 7. The first-order valence-corrected chi connectivity index (χ1v) is 11.9. The Bertz CT molecular complexity index is 986. The fourth-order valence-corrected chi connectivity index (χ4v) is 5.20. The van der Waals surface area contributed by atoms with E-state index in [1.54, 1.807) is 23.5 Å². The summed E-state index contributed by atoms with van der Waals surface area (Å²) in [6.07, 6.45) is 2.47. The molecule has 0 unspecified atom stereocenters. The molecule has 1 N–H and O–H groups in total. The number of furan rings is 1. The minimum atomic E-state index is -0.200. The molecule has 0 bridgehead atoms. The molecule has 1 aliphatic heterocycles. The molecule has 3 heterocycles. The normalized spacial score (nSPS) is 16.4. The van der Waals surface area contributed by atoms with Crippen molar-refractivity contribution in [2.75, 3.05) is 38.0 Å². The lowest BCUT2D eigenvalue weighted by molar-refractivity contribution is 0.0995. The lowest BCUT2D eigenvalue weighted by Crippen LogP contribution is -2.47. The summed E-state index contributed by atoms with van der Waals surface area (Å²) in [5, 5.41) is 4.06. The fraction of sp³-hybridized carbons (Fsp3) is 0.400. The van der Waals surface area contributed by atoms with Crippen molar-refractivity contribution in [3.05, 3.63) is 76.1 Å². The maximum Gasteiger partial charge on any atom is 0.291 e. The number of carbonyl (C=O) groups excluding carboxylic acids is 1. The predicted molar refractivity (Wildman–Crippen MR) is 127 cm³/mol. The maximum absolute atomic E-state index is 12.8. The molecule has 6 heteroatoms. The average Bonchev–Trinajstić information content (AvgIpc) is 3.46. The van der Waals surface area contributed by atoms with E-state index in [1.807, 2.05) is 0 Å². The third kappa shape index (κ3) is 4.92. The van der Waals surface area contributed by atoms with Gasteiger partial charge < -0.3 is 14.6 Å². The Morgan fingerprint density at radius 3 is 2.48 bits per heavy atom. The minimum absolute atomic E-state index is 0.114. The van der Waals surface area contributed by atoms with E-state index in [0.29, 0.717) is 5.76 Å². The number of nitrogens with zero attached hydrogens (tertiary/aromatic N) is 2. The highest BCUT2D eigenvalue weighted by Crippen LogP contribution is 2.40. The first-order chi connectivity index (χ1) is 15.1. The summed E-state index contributed by atoms with van der Waals surface area (Å²) in [6.45, 7) is 11.7. The molecule has 2 aromatic heterocycles. The Morgan fingerprint density at radius 2 is 1.87 bits per heavy atom. The molecule has 0 saturated carbocycles. The number of piperazine rings is 1. The van der Waals surface area contributed by atoms with E-state index in [2.05, 4.69) is 66.2 Å². The number of nitrogens with one attached hydrogen (secondary N) is 1. The molecule has 164 valence electrons. The number of amides is 1. The van der Waals surface area contributed by atoms with Crippen molar-refractivity contribution in [3.63, 3.8) is 0 Å². The SMILES string of the molecule is CCc1cc([C@H](c2ccc(C)cc2)N2CCN(CC)CC2)c(NC(=O)c2ccco2)s1. The van der Waals surface area contributed by atoms with Crippen molar-refractivity contribution < 1.29 is 9.21 Å². The second-order valence-corrected chi connectivity index (χ2v) is 9.20. The van der Waals surface area contributed by atoms with Gasteiger partial charge in [0.2, 0.25) is 0 Å². The molecule has 1 aliphatic rings. The summed E-state index contributed by atoms with van der Waals surface area (Å²) in [7, 11) is 0. The molecular formula is C25H31N3O2S.